The lowest BCUT2D eigenvalue weighted by molar-refractivity contribution is -0.121. The van der Waals surface area contributed by atoms with Crippen molar-refractivity contribution in [3.05, 3.63) is 71.4 Å². The number of oxazole rings is 1. The zero-order valence-corrected chi connectivity index (χ0v) is 19.7. The molecule has 1 aliphatic rings. The second-order valence-electron chi connectivity index (χ2n) is 8.21. The van der Waals surface area contributed by atoms with Crippen LogP contribution in [0.25, 0.3) is 0 Å². The van der Waals surface area contributed by atoms with E-state index in [-0.39, 0.29) is 48.9 Å². The van der Waals surface area contributed by atoms with Crippen molar-refractivity contribution in [2.45, 2.75) is 33.2 Å². The number of amides is 2. The van der Waals surface area contributed by atoms with Gasteiger partial charge in [0.05, 0.1) is 5.69 Å². The van der Waals surface area contributed by atoms with Gasteiger partial charge in [-0.15, -0.1) is 0 Å². The number of benzene rings is 2. The maximum absolute atomic E-state index is 12.8. The van der Waals surface area contributed by atoms with Crippen molar-refractivity contribution in [2.75, 3.05) is 24.7 Å². The summed E-state index contributed by atoms with van der Waals surface area (Å²) < 4.78 is 16.6. The number of nitrogens with zero attached hydrogens (tertiary/aromatic N) is 2. The van der Waals surface area contributed by atoms with E-state index in [2.05, 4.69) is 10.3 Å². The minimum Gasteiger partial charge on any atom is -0.485 e. The molecular formula is C26H27N3O6. The van der Waals surface area contributed by atoms with Gasteiger partial charge in [0.2, 0.25) is 5.89 Å². The number of ketones is 1. The van der Waals surface area contributed by atoms with Crippen LogP contribution in [0, 0.1) is 6.92 Å². The van der Waals surface area contributed by atoms with E-state index in [0.717, 1.165) is 18.4 Å². The Morgan fingerprint density at radius 1 is 1.17 bits per heavy atom. The molecule has 0 aliphatic carbocycles. The normalized spacial score (nSPS) is 12.6. The molecule has 0 spiro atoms. The molecule has 0 radical (unpaired) electrons. The summed E-state index contributed by atoms with van der Waals surface area (Å²) in [4.78, 5) is 43.3. The van der Waals surface area contributed by atoms with Crippen LogP contribution in [0.1, 0.15) is 52.1 Å². The van der Waals surface area contributed by atoms with Gasteiger partial charge < -0.3 is 19.2 Å². The van der Waals surface area contributed by atoms with Gasteiger partial charge >= 0.3 is 0 Å². The molecule has 1 aliphatic heterocycles. The van der Waals surface area contributed by atoms with Crippen LogP contribution in [0.5, 0.6) is 11.5 Å². The molecule has 0 saturated heterocycles. The molecule has 4 rings (SSSR count). The number of ether oxygens (including phenoxy) is 2. The van der Waals surface area contributed by atoms with Gasteiger partial charge in [-0.2, -0.15) is 0 Å². The fourth-order valence-electron chi connectivity index (χ4n) is 3.51. The van der Waals surface area contributed by atoms with E-state index in [1.165, 1.54) is 11.2 Å². The topological polar surface area (TPSA) is 111 Å². The molecule has 35 heavy (non-hydrogen) atoms. The van der Waals surface area contributed by atoms with Crippen LogP contribution in [0.15, 0.2) is 53.1 Å². The summed E-state index contributed by atoms with van der Waals surface area (Å²) >= 11 is 0. The Labute approximate surface area is 203 Å². The molecule has 1 N–H and O–H groups in total. The molecule has 2 amide bonds. The Bertz CT molecular complexity index is 1220. The second-order valence-corrected chi connectivity index (χ2v) is 8.21. The van der Waals surface area contributed by atoms with Crippen molar-refractivity contribution in [1.29, 1.82) is 0 Å². The van der Waals surface area contributed by atoms with Crippen molar-refractivity contribution in [1.82, 2.24) is 10.3 Å². The van der Waals surface area contributed by atoms with E-state index in [4.69, 9.17) is 13.9 Å². The number of rotatable bonds is 10. The van der Waals surface area contributed by atoms with Crippen molar-refractivity contribution >= 4 is 23.3 Å². The summed E-state index contributed by atoms with van der Waals surface area (Å²) in [5.41, 5.74) is 2.05. The maximum atomic E-state index is 12.8. The van der Waals surface area contributed by atoms with Crippen LogP contribution in [-0.2, 0) is 11.3 Å². The smallest absolute Gasteiger partial charge is 0.273 e. The van der Waals surface area contributed by atoms with Gasteiger partial charge in [0.25, 0.3) is 11.8 Å². The number of aromatic nitrogens is 1. The monoisotopic (exact) mass is 477 g/mol. The Morgan fingerprint density at radius 3 is 2.74 bits per heavy atom. The van der Waals surface area contributed by atoms with Crippen LogP contribution in [-0.4, -0.2) is 42.3 Å². The minimum absolute atomic E-state index is 0.00502. The maximum Gasteiger partial charge on any atom is 0.273 e. The number of fused-ring (bicyclic) bond motifs is 1. The highest BCUT2D eigenvalue weighted by molar-refractivity contribution is 6.02. The Kier molecular flexibility index (Phi) is 7.45. The minimum atomic E-state index is -0.330. The molecule has 9 nitrogen and oxygen atoms in total. The quantitative estimate of drug-likeness (QED) is 0.350. The Balaban J connectivity index is 1.46. The van der Waals surface area contributed by atoms with Gasteiger partial charge in [0.1, 0.15) is 24.3 Å². The van der Waals surface area contributed by atoms with Crippen LogP contribution >= 0.6 is 0 Å². The van der Waals surface area contributed by atoms with E-state index in [1.807, 2.05) is 26.0 Å². The first-order chi connectivity index (χ1) is 16.9. The molecule has 9 heteroatoms. The number of nitrogens with one attached hydrogen (secondary N) is 1. The fraction of sp³-hybridized carbons (Fsp3) is 0.308. The fourth-order valence-corrected chi connectivity index (χ4v) is 3.51. The first-order valence-corrected chi connectivity index (χ1v) is 11.5. The first kappa shape index (κ1) is 24.0. The predicted octanol–water partition coefficient (Wildman–Crippen LogP) is 3.70. The third-order valence-corrected chi connectivity index (χ3v) is 5.51. The molecule has 0 unspecified atom stereocenters. The molecule has 1 aromatic heterocycles. The van der Waals surface area contributed by atoms with Crippen molar-refractivity contribution in [2.24, 2.45) is 0 Å². The lowest BCUT2D eigenvalue weighted by atomic mass is 10.1. The van der Waals surface area contributed by atoms with E-state index in [1.54, 1.807) is 30.3 Å². The SMILES string of the molecule is CCCCNC(=O)c1coc(CN2C(=O)COc3ccc(C(=O)COc4ccc(C)cc4)cc32)n1. The number of anilines is 1. The standard InChI is InChI=1S/C26H27N3O6/c1-3-4-11-27-26(32)20-14-35-24(28-20)13-29-21-12-18(7-10-23(21)34-16-25(29)31)22(30)15-33-19-8-5-17(2)6-9-19/h5-10,12,14H,3-4,11,13,15-16H2,1-2H3,(H,27,32). The largest absolute Gasteiger partial charge is 0.485 e. The van der Waals surface area contributed by atoms with Gasteiger partial charge in [0, 0.05) is 12.1 Å². The van der Waals surface area contributed by atoms with Crippen molar-refractivity contribution in [3.63, 3.8) is 0 Å². The lowest BCUT2D eigenvalue weighted by Gasteiger charge is -2.28. The molecule has 3 aromatic rings. The number of hydrogen-bond acceptors (Lipinski definition) is 7. The van der Waals surface area contributed by atoms with Gasteiger partial charge in [0.15, 0.2) is 24.7 Å². The Morgan fingerprint density at radius 2 is 1.97 bits per heavy atom. The van der Waals surface area contributed by atoms with E-state index >= 15 is 0 Å². The average Bonchev–Trinajstić information content (AvgIpc) is 3.34. The van der Waals surface area contributed by atoms with Crippen molar-refractivity contribution < 1.29 is 28.3 Å². The summed E-state index contributed by atoms with van der Waals surface area (Å²) in [6.45, 7) is 4.26. The highest BCUT2D eigenvalue weighted by Gasteiger charge is 2.28. The Hall–Kier alpha value is -4.14. The molecular weight excluding hydrogens is 450 g/mol. The zero-order chi connectivity index (χ0) is 24.8. The highest BCUT2D eigenvalue weighted by atomic mass is 16.5. The molecule has 182 valence electrons. The summed E-state index contributed by atoms with van der Waals surface area (Å²) in [5.74, 6) is 0.374. The third kappa shape index (κ3) is 5.87. The average molecular weight is 478 g/mol. The van der Waals surface area contributed by atoms with E-state index in [9.17, 15) is 14.4 Å². The van der Waals surface area contributed by atoms with Crippen LogP contribution in [0.4, 0.5) is 5.69 Å². The molecule has 0 atom stereocenters. The zero-order valence-electron chi connectivity index (χ0n) is 19.7. The van der Waals surface area contributed by atoms with E-state index < -0.39 is 0 Å². The summed E-state index contributed by atoms with van der Waals surface area (Å²) in [5, 5.41) is 2.78. The molecule has 2 heterocycles. The molecule has 0 fully saturated rings. The van der Waals surface area contributed by atoms with Crippen LogP contribution in [0.2, 0.25) is 0 Å². The van der Waals surface area contributed by atoms with Crippen LogP contribution < -0.4 is 19.7 Å². The summed E-state index contributed by atoms with van der Waals surface area (Å²) in [7, 11) is 0. The molecule has 0 bridgehead atoms. The lowest BCUT2D eigenvalue weighted by Crippen LogP contribution is -2.38. The highest BCUT2D eigenvalue weighted by Crippen LogP contribution is 2.34. The first-order valence-electron chi connectivity index (χ1n) is 11.5. The van der Waals surface area contributed by atoms with Gasteiger partial charge in [-0.3, -0.25) is 19.3 Å². The third-order valence-electron chi connectivity index (χ3n) is 5.51. The number of unbranched alkanes of at least 4 members (excludes halogenated alkanes) is 1. The molecule has 0 saturated carbocycles. The summed E-state index contributed by atoms with van der Waals surface area (Å²) in [6.07, 6.45) is 3.10. The summed E-state index contributed by atoms with van der Waals surface area (Å²) in [6, 6.07) is 12.3. The number of carbonyl (C=O) groups is 3. The number of hydrogen-bond donors (Lipinski definition) is 1. The number of aryl methyl sites for hydroxylation is 1. The number of carbonyl (C=O) groups excluding carboxylic acids is 3. The van der Waals surface area contributed by atoms with Gasteiger partial charge in [-0.05, 0) is 43.7 Å². The second kappa shape index (κ2) is 10.9. The van der Waals surface area contributed by atoms with Crippen molar-refractivity contribution in [3.8, 4) is 11.5 Å². The van der Waals surface area contributed by atoms with Crippen LogP contribution in [0.3, 0.4) is 0 Å². The van der Waals surface area contributed by atoms with Gasteiger partial charge in [-0.25, -0.2) is 4.98 Å². The predicted molar refractivity (Wildman–Crippen MR) is 128 cm³/mol. The van der Waals surface area contributed by atoms with E-state index in [0.29, 0.717) is 29.3 Å². The van der Waals surface area contributed by atoms with Gasteiger partial charge in [-0.1, -0.05) is 31.0 Å². The molecule has 2 aromatic carbocycles. The number of Topliss-reactive ketones (excluding diaryl/α,β-unsaturated/α-hetero) is 1.